The predicted octanol–water partition coefficient (Wildman–Crippen LogP) is 0.920. The van der Waals surface area contributed by atoms with E-state index in [2.05, 4.69) is 29.8 Å². The van der Waals surface area contributed by atoms with Crippen LogP contribution < -0.4 is 16.4 Å². The van der Waals surface area contributed by atoms with Crippen LogP contribution in [0.4, 0.5) is 5.69 Å². The third-order valence-corrected chi connectivity index (χ3v) is 4.35. The number of anilines is 1. The number of nitrogens with zero attached hydrogens (tertiary/aromatic N) is 1. The average Bonchev–Trinajstić information content (AvgIpc) is 2.58. The first-order valence-electron chi connectivity index (χ1n) is 8.62. The zero-order valence-electron chi connectivity index (χ0n) is 14.7. The highest BCUT2D eigenvalue weighted by molar-refractivity contribution is 5.45. The van der Waals surface area contributed by atoms with E-state index in [1.165, 1.54) is 5.56 Å². The fourth-order valence-corrected chi connectivity index (χ4v) is 2.93. The first-order chi connectivity index (χ1) is 11.6. The van der Waals surface area contributed by atoms with Gasteiger partial charge in [0.2, 0.25) is 12.8 Å². The van der Waals surface area contributed by atoms with Crippen LogP contribution in [0.3, 0.4) is 0 Å². The van der Waals surface area contributed by atoms with Gasteiger partial charge in [0.05, 0.1) is 26.7 Å². The fourth-order valence-electron chi connectivity index (χ4n) is 2.93. The van der Waals surface area contributed by atoms with E-state index in [-0.39, 0.29) is 0 Å². The smallest absolute Gasteiger partial charge is 0.207 e. The molecule has 6 nitrogen and oxygen atoms in total. The van der Waals surface area contributed by atoms with Crippen molar-refractivity contribution in [3.05, 3.63) is 29.8 Å². The summed E-state index contributed by atoms with van der Waals surface area (Å²) in [5, 5.41) is 5.45. The van der Waals surface area contributed by atoms with Crippen LogP contribution in [0.1, 0.15) is 24.8 Å². The standard InChI is InChI=1S/C18H30N4O2/c1-22(13-3-10-20-15-23,14-4-11-21-16-24)12-2-5-17-6-8-18(19)9-7-17/h6-9,15-16H,2-5,10-14,19H2,1H3,(H-,20,21,23,24)/p+1. The Labute approximate surface area is 145 Å². The SMILES string of the molecule is C[N+](CCCNC=O)(CCCNC=O)CCCc1ccc(N)cc1. The van der Waals surface area contributed by atoms with Crippen molar-refractivity contribution in [3.63, 3.8) is 0 Å². The summed E-state index contributed by atoms with van der Waals surface area (Å²) in [5.74, 6) is 0. The molecular formula is C18H31N4O2+. The molecule has 0 atom stereocenters. The Balaban J connectivity index is 2.44. The van der Waals surface area contributed by atoms with Gasteiger partial charge in [-0.1, -0.05) is 12.1 Å². The van der Waals surface area contributed by atoms with Crippen LogP contribution in [0.5, 0.6) is 0 Å². The van der Waals surface area contributed by atoms with E-state index in [1.807, 2.05) is 12.1 Å². The molecule has 0 heterocycles. The molecule has 134 valence electrons. The molecule has 0 aliphatic carbocycles. The summed E-state index contributed by atoms with van der Waals surface area (Å²) < 4.78 is 0.954. The minimum atomic E-state index is 0.710. The number of hydrogen-bond donors (Lipinski definition) is 3. The minimum absolute atomic E-state index is 0.710. The van der Waals surface area contributed by atoms with Crippen LogP contribution >= 0.6 is 0 Å². The Morgan fingerprint density at radius 1 is 0.917 bits per heavy atom. The van der Waals surface area contributed by atoms with E-state index in [0.29, 0.717) is 13.1 Å². The van der Waals surface area contributed by atoms with Crippen molar-refractivity contribution in [3.8, 4) is 0 Å². The van der Waals surface area contributed by atoms with Gasteiger partial charge in [0.25, 0.3) is 0 Å². The van der Waals surface area contributed by atoms with Crippen molar-refractivity contribution in [2.45, 2.75) is 25.7 Å². The third kappa shape index (κ3) is 8.53. The molecule has 24 heavy (non-hydrogen) atoms. The lowest BCUT2D eigenvalue weighted by Crippen LogP contribution is -2.47. The number of quaternary nitrogens is 1. The zero-order chi connectivity index (χ0) is 17.7. The number of nitrogens with two attached hydrogens (primary N) is 1. The number of carbonyl (C=O) groups excluding carboxylic acids is 2. The highest BCUT2D eigenvalue weighted by atomic mass is 16.1. The van der Waals surface area contributed by atoms with E-state index >= 15 is 0 Å². The van der Waals surface area contributed by atoms with Gasteiger partial charge in [0.1, 0.15) is 0 Å². The second-order valence-corrected chi connectivity index (χ2v) is 6.49. The summed E-state index contributed by atoms with van der Waals surface area (Å²) in [6.45, 7) is 4.53. The van der Waals surface area contributed by atoms with Crippen molar-refractivity contribution in [2.75, 3.05) is 45.5 Å². The van der Waals surface area contributed by atoms with Crippen LogP contribution in [0, 0.1) is 0 Å². The first-order valence-corrected chi connectivity index (χ1v) is 8.62. The van der Waals surface area contributed by atoms with Crippen molar-refractivity contribution < 1.29 is 14.1 Å². The Hall–Kier alpha value is -2.08. The van der Waals surface area contributed by atoms with E-state index < -0.39 is 0 Å². The summed E-state index contributed by atoms with van der Waals surface area (Å²) >= 11 is 0. The second-order valence-electron chi connectivity index (χ2n) is 6.49. The number of benzene rings is 1. The molecule has 0 radical (unpaired) electrons. The van der Waals surface area contributed by atoms with Crippen LogP contribution in [0.25, 0.3) is 0 Å². The third-order valence-electron chi connectivity index (χ3n) is 4.35. The van der Waals surface area contributed by atoms with Crippen molar-refractivity contribution in [1.82, 2.24) is 10.6 Å². The molecule has 0 unspecified atom stereocenters. The normalized spacial score (nSPS) is 11.0. The van der Waals surface area contributed by atoms with Crippen LogP contribution in [0.15, 0.2) is 24.3 Å². The highest BCUT2D eigenvalue weighted by Crippen LogP contribution is 2.12. The molecule has 0 spiro atoms. The molecule has 0 aromatic heterocycles. The van der Waals surface area contributed by atoms with Crippen LogP contribution in [-0.2, 0) is 16.0 Å². The molecule has 0 aliphatic rings. The number of nitrogens with one attached hydrogen (secondary N) is 2. The van der Waals surface area contributed by atoms with Gasteiger partial charge in [0.15, 0.2) is 0 Å². The molecule has 0 saturated carbocycles. The maximum Gasteiger partial charge on any atom is 0.207 e. The van der Waals surface area contributed by atoms with E-state index in [1.54, 1.807) is 0 Å². The molecule has 0 bridgehead atoms. The molecule has 1 rings (SSSR count). The Morgan fingerprint density at radius 3 is 1.92 bits per heavy atom. The minimum Gasteiger partial charge on any atom is -0.399 e. The quantitative estimate of drug-likeness (QED) is 0.205. The lowest BCUT2D eigenvalue weighted by Gasteiger charge is -2.35. The van der Waals surface area contributed by atoms with Crippen molar-refractivity contribution >= 4 is 18.5 Å². The molecule has 0 aliphatic heterocycles. The van der Waals surface area contributed by atoms with Gasteiger partial charge in [-0.15, -0.1) is 0 Å². The maximum absolute atomic E-state index is 10.4. The van der Waals surface area contributed by atoms with Gasteiger partial charge in [-0.05, 0) is 24.1 Å². The lowest BCUT2D eigenvalue weighted by atomic mass is 10.1. The number of carbonyl (C=O) groups is 2. The molecule has 4 N–H and O–H groups in total. The predicted molar refractivity (Wildman–Crippen MR) is 97.3 cm³/mol. The summed E-state index contributed by atoms with van der Waals surface area (Å²) in [6, 6.07) is 8.06. The van der Waals surface area contributed by atoms with Gasteiger partial charge in [-0.2, -0.15) is 0 Å². The zero-order valence-corrected chi connectivity index (χ0v) is 14.7. The molecule has 0 saturated heterocycles. The second kappa shape index (κ2) is 11.5. The molecule has 1 aromatic rings. The maximum atomic E-state index is 10.4. The molecule has 1 aromatic carbocycles. The number of amides is 2. The van der Waals surface area contributed by atoms with Gasteiger partial charge in [0, 0.05) is 38.0 Å². The molecule has 2 amide bonds. The number of hydrogen-bond acceptors (Lipinski definition) is 3. The summed E-state index contributed by atoms with van der Waals surface area (Å²) in [5.41, 5.74) is 7.82. The van der Waals surface area contributed by atoms with Gasteiger partial charge >= 0.3 is 0 Å². The van der Waals surface area contributed by atoms with Gasteiger partial charge in [-0.25, -0.2) is 0 Å². The van der Waals surface area contributed by atoms with E-state index in [9.17, 15) is 9.59 Å². The number of rotatable bonds is 14. The summed E-state index contributed by atoms with van der Waals surface area (Å²) in [7, 11) is 2.25. The van der Waals surface area contributed by atoms with Crippen LogP contribution in [-0.4, -0.2) is 57.1 Å². The highest BCUT2D eigenvalue weighted by Gasteiger charge is 2.20. The van der Waals surface area contributed by atoms with Crippen molar-refractivity contribution in [2.24, 2.45) is 0 Å². The van der Waals surface area contributed by atoms with E-state index in [4.69, 9.17) is 5.73 Å². The summed E-state index contributed by atoms with van der Waals surface area (Å²) in [4.78, 5) is 20.7. The number of nitrogen functional groups attached to an aromatic ring is 1. The molecule has 0 fully saturated rings. The first kappa shape index (κ1) is 20.0. The van der Waals surface area contributed by atoms with Gasteiger partial charge < -0.3 is 20.9 Å². The Bertz CT molecular complexity index is 460. The van der Waals surface area contributed by atoms with Crippen molar-refractivity contribution in [1.29, 1.82) is 0 Å². The molecular weight excluding hydrogens is 304 g/mol. The largest absolute Gasteiger partial charge is 0.399 e. The fraction of sp³-hybridized carbons (Fsp3) is 0.556. The lowest BCUT2D eigenvalue weighted by molar-refractivity contribution is -0.910. The average molecular weight is 335 g/mol. The summed E-state index contributed by atoms with van der Waals surface area (Å²) in [6.07, 6.45) is 5.55. The number of aryl methyl sites for hydroxylation is 1. The van der Waals surface area contributed by atoms with Crippen LogP contribution in [0.2, 0.25) is 0 Å². The Kier molecular flexibility index (Phi) is 9.53. The molecule has 6 heteroatoms. The van der Waals surface area contributed by atoms with E-state index in [0.717, 1.165) is 68.3 Å². The monoisotopic (exact) mass is 335 g/mol. The Morgan fingerprint density at radius 2 is 1.42 bits per heavy atom. The topological polar surface area (TPSA) is 84.2 Å². The van der Waals surface area contributed by atoms with Gasteiger partial charge in [-0.3, -0.25) is 9.59 Å².